The van der Waals surface area contributed by atoms with Gasteiger partial charge in [-0.1, -0.05) is 18.9 Å². The SMILES string of the molecule is CN(C)Cc1cncc(-c2ccc3[nH]nc(C(=O)Nc4ccc(C(=O)NC5CCCC5)nc4)c3c2)c1. The molecule has 5 rings (SSSR count). The highest BCUT2D eigenvalue weighted by Gasteiger charge is 2.19. The zero-order valence-corrected chi connectivity index (χ0v) is 20.4. The van der Waals surface area contributed by atoms with Crippen LogP contribution in [0.15, 0.2) is 55.0 Å². The average Bonchev–Trinajstić information content (AvgIpc) is 3.53. The van der Waals surface area contributed by atoms with Gasteiger partial charge in [0.25, 0.3) is 11.8 Å². The van der Waals surface area contributed by atoms with Crippen LogP contribution in [0.3, 0.4) is 0 Å². The van der Waals surface area contributed by atoms with Gasteiger partial charge in [-0.3, -0.25) is 19.7 Å². The summed E-state index contributed by atoms with van der Waals surface area (Å²) in [6.45, 7) is 0.789. The molecule has 0 spiro atoms. The van der Waals surface area contributed by atoms with E-state index in [-0.39, 0.29) is 23.6 Å². The van der Waals surface area contributed by atoms with Crippen molar-refractivity contribution in [1.29, 1.82) is 0 Å². The molecule has 0 atom stereocenters. The first-order valence-corrected chi connectivity index (χ1v) is 12.1. The summed E-state index contributed by atoms with van der Waals surface area (Å²) in [6.07, 6.45) is 9.48. The molecule has 2 amide bonds. The topological polar surface area (TPSA) is 116 Å². The number of H-pyrrole nitrogens is 1. The average molecular weight is 484 g/mol. The molecule has 3 heterocycles. The standard InChI is InChI=1S/C27H29N7O2/c1-34(2)16-17-11-19(14-28-13-17)18-7-9-23-22(12-18)25(33-32-23)27(36)31-21-8-10-24(29-15-21)26(35)30-20-5-3-4-6-20/h7-15,20H,3-6,16H2,1-2H3,(H,30,35)(H,31,36)(H,32,33). The summed E-state index contributed by atoms with van der Waals surface area (Å²) in [6, 6.07) is 11.5. The number of benzene rings is 1. The Hall–Kier alpha value is -4.11. The van der Waals surface area contributed by atoms with Gasteiger partial charge in [0, 0.05) is 35.9 Å². The Morgan fingerprint density at radius 1 is 1.00 bits per heavy atom. The number of carbonyl (C=O) groups excluding carboxylic acids is 2. The minimum absolute atomic E-state index is 0.185. The number of hydrogen-bond donors (Lipinski definition) is 3. The second kappa shape index (κ2) is 10.2. The van der Waals surface area contributed by atoms with Crippen molar-refractivity contribution in [3.8, 4) is 11.1 Å². The van der Waals surface area contributed by atoms with E-state index in [1.807, 2.05) is 44.7 Å². The van der Waals surface area contributed by atoms with Crippen molar-refractivity contribution in [3.63, 3.8) is 0 Å². The molecule has 1 aromatic carbocycles. The first-order valence-electron chi connectivity index (χ1n) is 12.1. The third kappa shape index (κ3) is 5.26. The largest absolute Gasteiger partial charge is 0.348 e. The summed E-state index contributed by atoms with van der Waals surface area (Å²) in [7, 11) is 4.03. The molecule has 0 radical (unpaired) electrons. The van der Waals surface area contributed by atoms with Gasteiger partial charge in [0.1, 0.15) is 5.69 Å². The number of nitrogens with one attached hydrogen (secondary N) is 3. The fourth-order valence-electron chi connectivity index (χ4n) is 4.59. The van der Waals surface area contributed by atoms with Crippen molar-refractivity contribution in [2.24, 2.45) is 0 Å². The van der Waals surface area contributed by atoms with Gasteiger partial charge in [-0.15, -0.1) is 0 Å². The third-order valence-electron chi connectivity index (χ3n) is 6.35. The van der Waals surface area contributed by atoms with E-state index >= 15 is 0 Å². The van der Waals surface area contributed by atoms with Gasteiger partial charge in [-0.05, 0) is 68.4 Å². The highest BCUT2D eigenvalue weighted by molar-refractivity contribution is 6.11. The third-order valence-corrected chi connectivity index (χ3v) is 6.35. The molecule has 1 aliphatic carbocycles. The molecular weight excluding hydrogens is 454 g/mol. The van der Waals surface area contributed by atoms with Crippen molar-refractivity contribution >= 4 is 28.4 Å². The number of nitrogens with zero attached hydrogens (tertiary/aromatic N) is 4. The molecule has 1 aliphatic rings. The summed E-state index contributed by atoms with van der Waals surface area (Å²) < 4.78 is 0. The van der Waals surface area contributed by atoms with E-state index in [4.69, 9.17) is 0 Å². The lowest BCUT2D eigenvalue weighted by Crippen LogP contribution is -2.33. The molecule has 9 heteroatoms. The number of pyridine rings is 2. The number of aromatic amines is 1. The van der Waals surface area contributed by atoms with Gasteiger partial charge in [0.2, 0.25) is 0 Å². The van der Waals surface area contributed by atoms with Crippen molar-refractivity contribution < 1.29 is 9.59 Å². The summed E-state index contributed by atoms with van der Waals surface area (Å²) in [5.74, 6) is -0.544. The number of hydrogen-bond acceptors (Lipinski definition) is 6. The summed E-state index contributed by atoms with van der Waals surface area (Å²) in [5.41, 5.74) is 4.90. The van der Waals surface area contributed by atoms with E-state index in [2.05, 4.69) is 41.8 Å². The van der Waals surface area contributed by atoms with Crippen LogP contribution in [-0.4, -0.2) is 57.0 Å². The highest BCUT2D eigenvalue weighted by Crippen LogP contribution is 2.26. The Morgan fingerprint density at radius 2 is 1.83 bits per heavy atom. The monoisotopic (exact) mass is 483 g/mol. The number of aromatic nitrogens is 4. The van der Waals surface area contributed by atoms with Gasteiger partial charge in [-0.2, -0.15) is 5.10 Å². The van der Waals surface area contributed by atoms with E-state index < -0.39 is 0 Å². The zero-order chi connectivity index (χ0) is 25.1. The molecule has 4 aromatic rings. The summed E-state index contributed by atoms with van der Waals surface area (Å²) in [5, 5.41) is 13.7. The van der Waals surface area contributed by atoms with Gasteiger partial charge in [-0.25, -0.2) is 4.98 Å². The van der Waals surface area contributed by atoms with Crippen LogP contribution < -0.4 is 10.6 Å². The first kappa shape index (κ1) is 23.6. The number of anilines is 1. The van der Waals surface area contributed by atoms with Gasteiger partial charge < -0.3 is 15.5 Å². The predicted molar refractivity (Wildman–Crippen MR) is 139 cm³/mol. The molecule has 1 fully saturated rings. The zero-order valence-electron chi connectivity index (χ0n) is 20.4. The maximum Gasteiger partial charge on any atom is 0.276 e. The predicted octanol–water partition coefficient (Wildman–Crippen LogP) is 4.01. The Balaban J connectivity index is 1.32. The van der Waals surface area contributed by atoms with Crippen LogP contribution >= 0.6 is 0 Å². The second-order valence-corrected chi connectivity index (χ2v) is 9.49. The molecule has 0 saturated heterocycles. The minimum atomic E-state index is -0.358. The maximum atomic E-state index is 13.0. The molecule has 1 saturated carbocycles. The molecular formula is C27H29N7O2. The number of fused-ring (bicyclic) bond motifs is 1. The Bertz CT molecular complexity index is 1390. The fourth-order valence-corrected chi connectivity index (χ4v) is 4.59. The lowest BCUT2D eigenvalue weighted by molar-refractivity contribution is 0.0932. The smallest absolute Gasteiger partial charge is 0.276 e. The van der Waals surface area contributed by atoms with Crippen LogP contribution in [0.5, 0.6) is 0 Å². The Labute approximate surface area is 209 Å². The molecule has 0 bridgehead atoms. The van der Waals surface area contributed by atoms with E-state index in [0.29, 0.717) is 16.8 Å². The van der Waals surface area contributed by atoms with Crippen LogP contribution in [0.4, 0.5) is 5.69 Å². The maximum absolute atomic E-state index is 13.0. The molecule has 0 unspecified atom stereocenters. The van der Waals surface area contributed by atoms with E-state index in [9.17, 15) is 9.59 Å². The fraction of sp³-hybridized carbons (Fsp3) is 0.296. The van der Waals surface area contributed by atoms with Gasteiger partial charge in [0.15, 0.2) is 5.69 Å². The minimum Gasteiger partial charge on any atom is -0.348 e. The molecule has 3 N–H and O–H groups in total. The van der Waals surface area contributed by atoms with Crippen LogP contribution in [0.25, 0.3) is 22.0 Å². The van der Waals surface area contributed by atoms with E-state index in [1.54, 1.807) is 12.1 Å². The quantitative estimate of drug-likeness (QED) is 0.366. The number of carbonyl (C=O) groups is 2. The van der Waals surface area contributed by atoms with Crippen LogP contribution in [0.2, 0.25) is 0 Å². The van der Waals surface area contributed by atoms with Crippen LogP contribution in [0.1, 0.15) is 52.2 Å². The van der Waals surface area contributed by atoms with E-state index in [0.717, 1.165) is 54.4 Å². The van der Waals surface area contributed by atoms with Crippen molar-refractivity contribution in [2.75, 3.05) is 19.4 Å². The normalized spacial score (nSPS) is 13.9. The number of amides is 2. The first-order chi connectivity index (χ1) is 17.5. The molecule has 9 nitrogen and oxygen atoms in total. The molecule has 184 valence electrons. The highest BCUT2D eigenvalue weighted by atomic mass is 16.2. The van der Waals surface area contributed by atoms with Crippen molar-refractivity contribution in [1.82, 2.24) is 30.4 Å². The van der Waals surface area contributed by atoms with Crippen LogP contribution in [-0.2, 0) is 6.54 Å². The molecule has 0 aliphatic heterocycles. The summed E-state index contributed by atoms with van der Waals surface area (Å²) in [4.78, 5) is 36.2. The van der Waals surface area contributed by atoms with Gasteiger partial charge in [0.05, 0.1) is 17.4 Å². The van der Waals surface area contributed by atoms with Gasteiger partial charge >= 0.3 is 0 Å². The van der Waals surface area contributed by atoms with Crippen molar-refractivity contribution in [3.05, 3.63) is 71.9 Å². The lowest BCUT2D eigenvalue weighted by Gasteiger charge is -2.11. The Morgan fingerprint density at radius 3 is 2.58 bits per heavy atom. The summed E-state index contributed by atoms with van der Waals surface area (Å²) >= 11 is 0. The molecule has 36 heavy (non-hydrogen) atoms. The van der Waals surface area contributed by atoms with Crippen molar-refractivity contribution in [2.45, 2.75) is 38.3 Å². The van der Waals surface area contributed by atoms with Crippen LogP contribution in [0, 0.1) is 0 Å². The lowest BCUT2D eigenvalue weighted by atomic mass is 10.0. The molecule has 3 aromatic heterocycles. The number of rotatable bonds is 7. The Kier molecular flexibility index (Phi) is 6.73. The second-order valence-electron chi connectivity index (χ2n) is 9.49. The van der Waals surface area contributed by atoms with E-state index in [1.165, 1.54) is 6.20 Å².